The van der Waals surface area contributed by atoms with Crippen LogP contribution in [0, 0.1) is 0 Å². The van der Waals surface area contributed by atoms with Crippen molar-refractivity contribution in [3.63, 3.8) is 0 Å². The van der Waals surface area contributed by atoms with Gasteiger partial charge in [0.25, 0.3) is 0 Å². The summed E-state index contributed by atoms with van der Waals surface area (Å²) in [6, 6.07) is 11.1. The van der Waals surface area contributed by atoms with E-state index in [-0.39, 0.29) is 11.8 Å². The van der Waals surface area contributed by atoms with Gasteiger partial charge >= 0.3 is 0 Å². The molecule has 1 N–H and O–H groups in total. The molecule has 5 heteroatoms. The molecule has 2 heterocycles. The Labute approximate surface area is 150 Å². The van der Waals surface area contributed by atoms with Gasteiger partial charge in [0.2, 0.25) is 0 Å². The van der Waals surface area contributed by atoms with Crippen LogP contribution in [0.2, 0.25) is 0 Å². The van der Waals surface area contributed by atoms with E-state index in [9.17, 15) is 8.42 Å². The molecule has 0 fully saturated rings. The fourth-order valence-corrected chi connectivity index (χ4v) is 5.87. The van der Waals surface area contributed by atoms with Crippen LogP contribution in [0.4, 0.5) is 0 Å². The quantitative estimate of drug-likeness (QED) is 0.881. The lowest BCUT2D eigenvalue weighted by Crippen LogP contribution is -2.50. The van der Waals surface area contributed by atoms with E-state index in [1.165, 1.54) is 0 Å². The third-order valence-corrected chi connectivity index (χ3v) is 7.16. The Bertz CT molecular complexity index is 821. The molecule has 0 spiro atoms. The number of sulfone groups is 1. The van der Waals surface area contributed by atoms with E-state index in [0.29, 0.717) is 4.90 Å². The second-order valence-corrected chi connectivity index (χ2v) is 8.86. The summed E-state index contributed by atoms with van der Waals surface area (Å²) in [5, 5.41) is 3.72. The lowest BCUT2D eigenvalue weighted by Gasteiger charge is -2.35. The summed E-state index contributed by atoms with van der Waals surface area (Å²) in [5.74, 6) is 0.143. The van der Waals surface area contributed by atoms with Gasteiger partial charge in [-0.3, -0.25) is 10.3 Å². The molecule has 3 rings (SSSR count). The van der Waals surface area contributed by atoms with Crippen molar-refractivity contribution in [2.45, 2.75) is 56.0 Å². The summed E-state index contributed by atoms with van der Waals surface area (Å²) < 4.78 is 26.3. The van der Waals surface area contributed by atoms with Crippen molar-refractivity contribution in [3.8, 4) is 0 Å². The molecule has 0 saturated carbocycles. The molecule has 2 atom stereocenters. The maximum absolute atomic E-state index is 13.2. The van der Waals surface area contributed by atoms with E-state index in [0.717, 1.165) is 36.8 Å². The van der Waals surface area contributed by atoms with Crippen LogP contribution in [0.15, 0.2) is 53.7 Å². The van der Waals surface area contributed by atoms with Crippen LogP contribution >= 0.6 is 0 Å². The van der Waals surface area contributed by atoms with Gasteiger partial charge in [0.1, 0.15) is 0 Å². The van der Waals surface area contributed by atoms with Crippen molar-refractivity contribution in [1.29, 1.82) is 0 Å². The number of hydrogen-bond donors (Lipinski definition) is 1. The Hall–Kier alpha value is -1.72. The van der Waals surface area contributed by atoms with Crippen molar-refractivity contribution in [2.24, 2.45) is 0 Å². The van der Waals surface area contributed by atoms with Crippen molar-refractivity contribution in [1.82, 2.24) is 10.3 Å². The van der Waals surface area contributed by atoms with Crippen LogP contribution in [-0.4, -0.2) is 24.7 Å². The number of nitrogens with zero attached hydrogens (tertiary/aromatic N) is 1. The van der Waals surface area contributed by atoms with Gasteiger partial charge in [-0.2, -0.15) is 0 Å². The number of pyridine rings is 1. The molecule has 134 valence electrons. The molecule has 2 aromatic rings. The molecule has 1 aromatic heterocycles. The minimum atomic E-state index is -3.35. The Morgan fingerprint density at radius 2 is 2.00 bits per heavy atom. The summed E-state index contributed by atoms with van der Waals surface area (Å²) in [4.78, 5) is 4.69. The summed E-state index contributed by atoms with van der Waals surface area (Å²) in [6.45, 7) is 4.22. The molecular formula is C20H26N2O2S. The SMILES string of the molecule is CCCC[C@@]1(CC)CS(=O)(=O)c2ccccc2[C@H](c2cccnc2)N1. The fraction of sp³-hybridized carbons (Fsp3) is 0.450. The van der Waals surface area contributed by atoms with Crippen LogP contribution in [0.3, 0.4) is 0 Å². The molecular weight excluding hydrogens is 332 g/mol. The highest BCUT2D eigenvalue weighted by molar-refractivity contribution is 7.91. The fourth-order valence-electron chi connectivity index (χ4n) is 3.72. The van der Waals surface area contributed by atoms with Gasteiger partial charge in [-0.05, 0) is 36.1 Å². The van der Waals surface area contributed by atoms with Gasteiger partial charge < -0.3 is 0 Å². The summed E-state index contributed by atoms with van der Waals surface area (Å²) in [7, 11) is -3.35. The predicted molar refractivity (Wildman–Crippen MR) is 100 cm³/mol. The molecule has 0 aliphatic carbocycles. The van der Waals surface area contributed by atoms with Crippen LogP contribution in [0.1, 0.15) is 56.7 Å². The lowest BCUT2D eigenvalue weighted by molar-refractivity contribution is 0.294. The molecule has 0 unspecified atom stereocenters. The number of unbranched alkanes of at least 4 members (excludes halogenated alkanes) is 1. The molecule has 0 saturated heterocycles. The van der Waals surface area contributed by atoms with Gasteiger partial charge in [-0.25, -0.2) is 8.42 Å². The number of benzene rings is 1. The second-order valence-electron chi connectivity index (χ2n) is 6.90. The van der Waals surface area contributed by atoms with E-state index in [4.69, 9.17) is 0 Å². The molecule has 1 aromatic carbocycles. The Morgan fingerprint density at radius 3 is 2.68 bits per heavy atom. The van der Waals surface area contributed by atoms with Crippen LogP contribution in [0.5, 0.6) is 0 Å². The third kappa shape index (κ3) is 3.62. The van der Waals surface area contributed by atoms with E-state index in [1.54, 1.807) is 12.3 Å². The number of rotatable bonds is 5. The lowest BCUT2D eigenvalue weighted by atomic mass is 9.88. The standard InChI is InChI=1S/C20H26N2O2S/c1-3-5-12-20(4-2)15-25(23,24)18-11-7-6-10-17(18)19(22-20)16-9-8-13-21-14-16/h6-11,13-14,19,22H,3-5,12,15H2,1-2H3/t19-,20-/m0/s1. The predicted octanol–water partition coefficient (Wildman–Crippen LogP) is 3.89. The average molecular weight is 359 g/mol. The Morgan fingerprint density at radius 1 is 1.20 bits per heavy atom. The van der Waals surface area contributed by atoms with E-state index < -0.39 is 15.4 Å². The van der Waals surface area contributed by atoms with Gasteiger partial charge in [-0.15, -0.1) is 0 Å². The molecule has 0 radical (unpaired) electrons. The maximum Gasteiger partial charge on any atom is 0.180 e. The Kier molecular flexibility index (Phi) is 5.25. The first kappa shape index (κ1) is 18.1. The van der Waals surface area contributed by atoms with Crippen LogP contribution in [0.25, 0.3) is 0 Å². The highest BCUT2D eigenvalue weighted by Crippen LogP contribution is 2.37. The smallest absolute Gasteiger partial charge is 0.180 e. The minimum absolute atomic E-state index is 0.143. The third-order valence-electron chi connectivity index (χ3n) is 5.19. The van der Waals surface area contributed by atoms with Crippen molar-refractivity contribution in [2.75, 3.05) is 5.75 Å². The molecule has 4 nitrogen and oxygen atoms in total. The average Bonchev–Trinajstić information content (AvgIpc) is 2.74. The zero-order valence-electron chi connectivity index (χ0n) is 14.9. The van der Waals surface area contributed by atoms with Crippen molar-refractivity contribution in [3.05, 3.63) is 59.9 Å². The maximum atomic E-state index is 13.2. The first-order chi connectivity index (χ1) is 12.0. The number of nitrogens with one attached hydrogen (secondary N) is 1. The van der Waals surface area contributed by atoms with Crippen molar-refractivity contribution < 1.29 is 8.42 Å². The topological polar surface area (TPSA) is 59.1 Å². The largest absolute Gasteiger partial charge is 0.300 e. The van der Waals surface area contributed by atoms with Gasteiger partial charge in [0.15, 0.2) is 9.84 Å². The highest BCUT2D eigenvalue weighted by atomic mass is 32.2. The first-order valence-corrected chi connectivity index (χ1v) is 10.7. The van der Waals surface area contributed by atoms with Gasteiger partial charge in [0, 0.05) is 17.9 Å². The highest BCUT2D eigenvalue weighted by Gasteiger charge is 2.41. The molecule has 0 bridgehead atoms. The zero-order chi connectivity index (χ0) is 17.9. The van der Waals surface area contributed by atoms with Crippen molar-refractivity contribution >= 4 is 9.84 Å². The van der Waals surface area contributed by atoms with E-state index in [2.05, 4.69) is 24.1 Å². The van der Waals surface area contributed by atoms with E-state index >= 15 is 0 Å². The van der Waals surface area contributed by atoms with E-state index in [1.807, 2.05) is 36.5 Å². The molecule has 1 aliphatic rings. The normalized spacial score (nSPS) is 25.1. The number of hydrogen-bond acceptors (Lipinski definition) is 4. The van der Waals surface area contributed by atoms with Gasteiger partial charge in [0.05, 0.1) is 16.7 Å². The Balaban J connectivity index is 2.17. The zero-order valence-corrected chi connectivity index (χ0v) is 15.7. The van der Waals surface area contributed by atoms with Crippen LogP contribution in [-0.2, 0) is 9.84 Å². The number of aromatic nitrogens is 1. The number of fused-ring (bicyclic) bond motifs is 1. The summed E-state index contributed by atoms with van der Waals surface area (Å²) in [5.41, 5.74) is 1.40. The first-order valence-electron chi connectivity index (χ1n) is 9.00. The molecule has 1 aliphatic heterocycles. The summed E-state index contributed by atoms with van der Waals surface area (Å²) >= 11 is 0. The molecule has 0 amide bonds. The van der Waals surface area contributed by atoms with Crippen LogP contribution < -0.4 is 5.32 Å². The summed E-state index contributed by atoms with van der Waals surface area (Å²) in [6.07, 6.45) is 7.25. The minimum Gasteiger partial charge on any atom is -0.300 e. The molecule has 25 heavy (non-hydrogen) atoms. The second kappa shape index (κ2) is 7.26. The monoisotopic (exact) mass is 358 g/mol. The van der Waals surface area contributed by atoms with Gasteiger partial charge in [-0.1, -0.05) is 51.0 Å².